The fourth-order valence-electron chi connectivity index (χ4n) is 4.03. The first kappa shape index (κ1) is 21.9. The Morgan fingerprint density at radius 2 is 2.03 bits per heavy atom. The van der Waals surface area contributed by atoms with Crippen LogP contribution in [0.25, 0.3) is 10.9 Å². The van der Waals surface area contributed by atoms with Crippen molar-refractivity contribution >= 4 is 28.3 Å². The van der Waals surface area contributed by atoms with Crippen molar-refractivity contribution in [3.8, 4) is 6.01 Å². The Hall–Kier alpha value is -3.34. The van der Waals surface area contributed by atoms with Crippen LogP contribution in [0.1, 0.15) is 24.2 Å². The van der Waals surface area contributed by atoms with Crippen LogP contribution in [0.5, 0.6) is 6.01 Å². The minimum absolute atomic E-state index is 0.145. The van der Waals surface area contributed by atoms with Gasteiger partial charge in [-0.2, -0.15) is 10.1 Å². The number of piperazine rings is 1. The quantitative estimate of drug-likeness (QED) is 0.602. The molecule has 11 heteroatoms. The van der Waals surface area contributed by atoms with Gasteiger partial charge in [-0.3, -0.25) is 9.48 Å². The number of aromatic nitrogens is 4. The van der Waals surface area contributed by atoms with E-state index in [1.165, 1.54) is 19.4 Å². The van der Waals surface area contributed by atoms with Gasteiger partial charge in [0.25, 0.3) is 12.3 Å². The van der Waals surface area contributed by atoms with Crippen molar-refractivity contribution in [1.82, 2.24) is 25.1 Å². The molecule has 1 fully saturated rings. The van der Waals surface area contributed by atoms with E-state index in [1.54, 1.807) is 12.3 Å². The van der Waals surface area contributed by atoms with Gasteiger partial charge in [-0.05, 0) is 26.0 Å². The van der Waals surface area contributed by atoms with E-state index in [4.69, 9.17) is 4.74 Å². The van der Waals surface area contributed by atoms with Gasteiger partial charge in [0, 0.05) is 54.7 Å². The number of fused-ring (bicyclic) bond motifs is 1. The van der Waals surface area contributed by atoms with Gasteiger partial charge in [0.2, 0.25) is 0 Å². The number of methoxy groups -OCH3 is 1. The maximum absolute atomic E-state index is 13.0. The molecule has 2 aromatic heterocycles. The number of hydrogen-bond acceptors (Lipinski definition) is 7. The Bertz CT molecular complexity index is 1110. The maximum Gasteiger partial charge on any atom is 0.316 e. The van der Waals surface area contributed by atoms with Crippen LogP contribution < -0.4 is 20.3 Å². The molecule has 9 nitrogen and oxygen atoms in total. The molecular weight excluding hydrogens is 420 g/mol. The molecule has 0 radical (unpaired) electrons. The largest absolute Gasteiger partial charge is 0.467 e. The van der Waals surface area contributed by atoms with Gasteiger partial charge in [0.15, 0.2) is 5.82 Å². The summed E-state index contributed by atoms with van der Waals surface area (Å²) >= 11 is 0. The van der Waals surface area contributed by atoms with Crippen LogP contribution in [0.2, 0.25) is 0 Å². The van der Waals surface area contributed by atoms with Crippen LogP contribution in [0, 0.1) is 0 Å². The monoisotopic (exact) mass is 445 g/mol. The average molecular weight is 445 g/mol. The first-order valence-electron chi connectivity index (χ1n) is 10.3. The average Bonchev–Trinajstić information content (AvgIpc) is 3.17. The number of nitrogens with one attached hydrogen (secondary N) is 2. The first-order chi connectivity index (χ1) is 15.3. The summed E-state index contributed by atoms with van der Waals surface area (Å²) in [6, 6.07) is 5.81. The Morgan fingerprint density at radius 3 is 2.72 bits per heavy atom. The number of carbonyl (C=O) groups excluding carboxylic acids is 1. The number of halogens is 2. The molecule has 3 heterocycles. The van der Waals surface area contributed by atoms with E-state index in [1.807, 2.05) is 6.07 Å². The number of anilines is 2. The normalized spacial score (nSPS) is 18.9. The number of hydrogen-bond donors (Lipinski definition) is 2. The minimum Gasteiger partial charge on any atom is -0.467 e. The number of benzene rings is 1. The van der Waals surface area contributed by atoms with E-state index in [-0.39, 0.29) is 11.8 Å². The fourth-order valence-corrected chi connectivity index (χ4v) is 4.03. The molecule has 1 saturated heterocycles. The highest BCUT2D eigenvalue weighted by atomic mass is 19.3. The van der Waals surface area contributed by atoms with Crippen LogP contribution in [0.15, 0.2) is 30.6 Å². The van der Waals surface area contributed by atoms with Crippen LogP contribution in [0.3, 0.4) is 0 Å². The third-order valence-corrected chi connectivity index (χ3v) is 5.24. The fraction of sp³-hybridized carbons (Fsp3) is 0.429. The lowest BCUT2D eigenvalue weighted by molar-refractivity contribution is 0.102. The summed E-state index contributed by atoms with van der Waals surface area (Å²) in [7, 11) is 1.46. The van der Waals surface area contributed by atoms with Crippen LogP contribution >= 0.6 is 0 Å². The summed E-state index contributed by atoms with van der Waals surface area (Å²) in [5, 5.41) is 10.9. The lowest BCUT2D eigenvalue weighted by Crippen LogP contribution is -2.54. The highest BCUT2D eigenvalue weighted by Gasteiger charge is 2.25. The lowest BCUT2D eigenvalue weighted by atomic mass is 10.0. The van der Waals surface area contributed by atoms with Crippen molar-refractivity contribution in [1.29, 1.82) is 0 Å². The molecule has 0 unspecified atom stereocenters. The zero-order chi connectivity index (χ0) is 22.8. The second-order valence-corrected chi connectivity index (χ2v) is 7.89. The van der Waals surface area contributed by atoms with Crippen LogP contribution in [-0.4, -0.2) is 64.4 Å². The van der Waals surface area contributed by atoms with E-state index in [2.05, 4.69) is 44.4 Å². The molecule has 1 amide bonds. The van der Waals surface area contributed by atoms with Crippen LogP contribution in [0.4, 0.5) is 20.3 Å². The molecule has 0 bridgehead atoms. The number of alkyl halides is 2. The van der Waals surface area contributed by atoms with E-state index in [0.717, 1.165) is 28.8 Å². The first-order valence-corrected chi connectivity index (χ1v) is 10.3. The van der Waals surface area contributed by atoms with Crippen molar-refractivity contribution in [2.24, 2.45) is 0 Å². The molecule has 1 aromatic carbocycles. The molecule has 32 heavy (non-hydrogen) atoms. The maximum atomic E-state index is 13.0. The molecular formula is C21H25F2N7O2. The van der Waals surface area contributed by atoms with Gasteiger partial charge >= 0.3 is 6.01 Å². The molecule has 3 aromatic rings. The number of carbonyl (C=O) groups is 1. The van der Waals surface area contributed by atoms with Gasteiger partial charge in [-0.1, -0.05) is 0 Å². The molecule has 170 valence electrons. The van der Waals surface area contributed by atoms with Gasteiger partial charge in [0.05, 0.1) is 18.2 Å². The summed E-state index contributed by atoms with van der Waals surface area (Å²) in [5.74, 6) is -0.273. The summed E-state index contributed by atoms with van der Waals surface area (Å²) in [6.07, 6.45) is 0.512. The third kappa shape index (κ3) is 4.62. The SMILES string of the molecule is COc1ncc2c(N3C[C@@H](C)N[C@@H](C)C3)ccc(C(=O)Nc3ccn(CC(F)F)n3)c2n1. The highest BCUT2D eigenvalue weighted by Crippen LogP contribution is 2.30. The van der Waals surface area contributed by atoms with Crippen molar-refractivity contribution in [3.63, 3.8) is 0 Å². The van der Waals surface area contributed by atoms with E-state index in [9.17, 15) is 13.6 Å². The molecule has 2 N–H and O–H groups in total. The molecule has 0 aliphatic carbocycles. The molecule has 1 aliphatic rings. The van der Waals surface area contributed by atoms with Crippen molar-refractivity contribution in [2.75, 3.05) is 30.4 Å². The highest BCUT2D eigenvalue weighted by molar-refractivity contribution is 6.13. The van der Waals surface area contributed by atoms with Gasteiger partial charge in [0.1, 0.15) is 6.54 Å². The zero-order valence-corrected chi connectivity index (χ0v) is 18.0. The lowest BCUT2D eigenvalue weighted by Gasteiger charge is -2.38. The van der Waals surface area contributed by atoms with Gasteiger partial charge in [-0.15, -0.1) is 0 Å². The predicted octanol–water partition coefficient (Wildman–Crippen LogP) is 2.54. The molecule has 4 rings (SSSR count). The zero-order valence-electron chi connectivity index (χ0n) is 18.0. The van der Waals surface area contributed by atoms with Crippen molar-refractivity contribution in [3.05, 3.63) is 36.2 Å². The third-order valence-electron chi connectivity index (χ3n) is 5.24. The second-order valence-electron chi connectivity index (χ2n) is 7.89. The standard InChI is InChI=1S/C21H25F2N7O2/c1-12-9-29(10-13(2)25-12)16-5-4-14(19-15(16)8-24-21(27-19)32-3)20(31)26-18-6-7-30(28-18)11-17(22)23/h4-8,12-13,17,25H,9-11H2,1-3H3,(H,26,28,31)/t12-,13+. The summed E-state index contributed by atoms with van der Waals surface area (Å²) in [5.41, 5.74) is 1.68. The molecule has 2 atom stereocenters. The van der Waals surface area contributed by atoms with E-state index >= 15 is 0 Å². The van der Waals surface area contributed by atoms with Crippen molar-refractivity contribution < 1.29 is 18.3 Å². The van der Waals surface area contributed by atoms with E-state index in [0.29, 0.717) is 23.2 Å². The Balaban J connectivity index is 1.68. The summed E-state index contributed by atoms with van der Waals surface area (Å²) < 4.78 is 31.4. The van der Waals surface area contributed by atoms with Gasteiger partial charge < -0.3 is 20.3 Å². The Kier molecular flexibility index (Phi) is 6.17. The number of amides is 1. The topological polar surface area (TPSA) is 97.2 Å². The van der Waals surface area contributed by atoms with Gasteiger partial charge in [-0.25, -0.2) is 13.8 Å². The Labute approximate surface area is 183 Å². The summed E-state index contributed by atoms with van der Waals surface area (Å²) in [6.45, 7) is 5.31. The predicted molar refractivity (Wildman–Crippen MR) is 117 cm³/mol. The van der Waals surface area contributed by atoms with Crippen LogP contribution in [-0.2, 0) is 6.54 Å². The minimum atomic E-state index is -2.53. The number of nitrogens with zero attached hydrogens (tertiary/aromatic N) is 5. The van der Waals surface area contributed by atoms with E-state index < -0.39 is 18.9 Å². The summed E-state index contributed by atoms with van der Waals surface area (Å²) in [4.78, 5) is 23.9. The van der Waals surface area contributed by atoms with Crippen molar-refractivity contribution in [2.45, 2.75) is 38.9 Å². The molecule has 0 spiro atoms. The number of rotatable bonds is 6. The molecule has 0 saturated carbocycles. The number of ether oxygens (including phenoxy) is 1. The second kappa shape index (κ2) is 9.03. The molecule has 1 aliphatic heterocycles. The Morgan fingerprint density at radius 1 is 1.28 bits per heavy atom. The smallest absolute Gasteiger partial charge is 0.316 e.